The van der Waals surface area contributed by atoms with Crippen molar-refractivity contribution in [2.75, 3.05) is 13.2 Å². The number of carbonyl (C=O) groups excluding carboxylic acids is 2. The Morgan fingerprint density at radius 1 is 0.478 bits per heavy atom. The van der Waals surface area contributed by atoms with Crippen molar-refractivity contribution < 1.29 is 90.6 Å². The molecule has 1 aliphatic carbocycles. The Morgan fingerprint density at radius 3 is 1.37 bits per heavy atom. The van der Waals surface area contributed by atoms with Crippen molar-refractivity contribution in [2.24, 2.45) is 0 Å². The number of aliphatic hydroxyl groups excluding tert-OH is 3. The van der Waals surface area contributed by atoms with Gasteiger partial charge in [-0.15, -0.1) is 0 Å². The molecule has 8 atom stereocenters. The van der Waals surface area contributed by atoms with Gasteiger partial charge in [0.15, 0.2) is 6.10 Å². The monoisotopic (exact) mass is 1020 g/mol. The van der Waals surface area contributed by atoms with Crippen LogP contribution in [0.4, 0.5) is 0 Å². The van der Waals surface area contributed by atoms with Gasteiger partial charge in [-0.2, -0.15) is 0 Å². The minimum Gasteiger partial charge on any atom is -0.462 e. The Hall–Kier alpha value is -1.63. The number of allylic oxidation sites excluding steroid dienone is 6. The Bertz CT molecular complexity index is 1550. The maximum Gasteiger partial charge on any atom is 0.472 e. The number of hydrogen-bond donors (Lipinski definition) is 8. The fraction of sp³-hybridized carbons (Fsp3) is 0.822. The van der Waals surface area contributed by atoms with Crippen molar-refractivity contribution >= 4 is 35.4 Å². The number of ether oxygens (including phenoxy) is 2. The van der Waals surface area contributed by atoms with Gasteiger partial charge in [-0.1, -0.05) is 159 Å². The molecule has 22 heteroatoms. The van der Waals surface area contributed by atoms with Gasteiger partial charge in [0.05, 0.1) is 6.61 Å². The molecule has 0 aromatic heterocycles. The van der Waals surface area contributed by atoms with Crippen molar-refractivity contribution in [3.8, 4) is 0 Å². The highest BCUT2D eigenvalue weighted by Gasteiger charge is 2.56. The summed E-state index contributed by atoms with van der Waals surface area (Å²) in [6.07, 6.45) is 21.7. The van der Waals surface area contributed by atoms with Gasteiger partial charge in [0.2, 0.25) is 0 Å². The first-order valence-electron chi connectivity index (χ1n) is 24.3. The lowest BCUT2D eigenvalue weighted by atomic mass is 9.85. The molecule has 1 rings (SSSR count). The van der Waals surface area contributed by atoms with Crippen LogP contribution in [-0.4, -0.2) is 108 Å². The molecule has 0 aromatic rings. The SMILES string of the molecule is CCCCCCCC/C=C\C/C=C\C/C=C\CCCC(=O)OC[C@H](COP(=O)(O)O[C@H]1C(O)C(O)C(OP(=O)(O)O)[C@@H](OP(=O)(O)O)C1O)OC(=O)CCCCCCCCCCCCCCC. The predicted octanol–water partition coefficient (Wildman–Crippen LogP) is 8.85. The first kappa shape index (κ1) is 63.4. The van der Waals surface area contributed by atoms with Crippen LogP contribution in [0.15, 0.2) is 36.5 Å². The summed E-state index contributed by atoms with van der Waals surface area (Å²) in [6, 6.07) is 0. The lowest BCUT2D eigenvalue weighted by Gasteiger charge is -2.44. The Balaban J connectivity index is 2.75. The van der Waals surface area contributed by atoms with Crippen LogP contribution < -0.4 is 0 Å². The summed E-state index contributed by atoms with van der Waals surface area (Å²) < 4.78 is 65.4. The first-order chi connectivity index (χ1) is 31.8. The molecule has 5 unspecified atom stereocenters. The molecule has 8 N–H and O–H groups in total. The highest BCUT2D eigenvalue weighted by atomic mass is 31.2. The van der Waals surface area contributed by atoms with Gasteiger partial charge in [-0.05, 0) is 44.9 Å². The van der Waals surface area contributed by atoms with Crippen LogP contribution in [0.5, 0.6) is 0 Å². The lowest BCUT2D eigenvalue weighted by molar-refractivity contribution is -0.213. The number of esters is 2. The summed E-state index contributed by atoms with van der Waals surface area (Å²) in [5, 5.41) is 31.9. The zero-order chi connectivity index (χ0) is 50.0. The summed E-state index contributed by atoms with van der Waals surface area (Å²) in [6.45, 7) is 2.89. The largest absolute Gasteiger partial charge is 0.472 e. The van der Waals surface area contributed by atoms with Gasteiger partial charge in [-0.3, -0.25) is 27.7 Å². The van der Waals surface area contributed by atoms with Crippen LogP contribution >= 0.6 is 23.5 Å². The second-order valence-electron chi connectivity index (χ2n) is 17.0. The molecule has 0 aromatic carbocycles. The predicted molar refractivity (Wildman–Crippen MR) is 252 cm³/mol. The second-order valence-corrected chi connectivity index (χ2v) is 20.8. The van der Waals surface area contributed by atoms with Gasteiger partial charge < -0.3 is 49.3 Å². The van der Waals surface area contributed by atoms with E-state index in [9.17, 15) is 63.1 Å². The number of aliphatic hydroxyl groups is 3. The van der Waals surface area contributed by atoms with Crippen LogP contribution in [0, 0.1) is 0 Å². The summed E-state index contributed by atoms with van der Waals surface area (Å²) in [5.41, 5.74) is 0. The molecular weight excluding hydrogens is 937 g/mol. The van der Waals surface area contributed by atoms with E-state index >= 15 is 0 Å². The molecule has 0 saturated heterocycles. The van der Waals surface area contributed by atoms with E-state index < -0.39 is 91.3 Å². The van der Waals surface area contributed by atoms with Crippen LogP contribution in [0.3, 0.4) is 0 Å². The third-order valence-electron chi connectivity index (χ3n) is 10.9. The molecule has 19 nitrogen and oxygen atoms in total. The van der Waals surface area contributed by atoms with Crippen molar-refractivity contribution in [2.45, 2.75) is 224 Å². The maximum absolute atomic E-state index is 13.1. The van der Waals surface area contributed by atoms with Crippen LogP contribution in [0.2, 0.25) is 0 Å². The van der Waals surface area contributed by atoms with E-state index in [1.165, 1.54) is 83.5 Å². The Morgan fingerprint density at radius 2 is 0.881 bits per heavy atom. The number of rotatable bonds is 41. The maximum atomic E-state index is 13.1. The number of phosphoric acid groups is 3. The zero-order valence-corrected chi connectivity index (χ0v) is 42.4. The molecule has 0 spiro atoms. The third kappa shape index (κ3) is 33.6. The molecule has 0 heterocycles. The van der Waals surface area contributed by atoms with Crippen LogP contribution in [0.1, 0.15) is 181 Å². The standard InChI is InChI=1S/C45H83O19P3/c1-3-5-7-9-11-13-15-17-18-19-20-22-23-25-27-29-31-33-38(46)59-35-37(61-39(47)34-32-30-28-26-24-21-16-14-12-10-8-6-4-2)36-60-67(57,58)64-43-40(48)41(49)44(62-65(51,52)53)45(42(43)50)63-66(54,55)56/h17-18,20,22,25,27,37,40-45,48-50H,3-16,19,21,23-24,26,28-36H2,1-2H3,(H,57,58)(H2,51,52,53)(H2,54,55,56)/b18-17-,22-20-,27-25-/t37-,40?,41?,42?,43+,44?,45+/m1/s1. The summed E-state index contributed by atoms with van der Waals surface area (Å²) in [5.74, 6) is -1.35. The molecule has 1 saturated carbocycles. The first-order valence-corrected chi connectivity index (χ1v) is 28.8. The Kier molecular flexibility index (Phi) is 35.2. The quantitative estimate of drug-likeness (QED) is 0.0123. The van der Waals surface area contributed by atoms with Crippen molar-refractivity contribution in [1.29, 1.82) is 0 Å². The average Bonchev–Trinajstić information content (AvgIpc) is 3.25. The minimum atomic E-state index is -5.60. The summed E-state index contributed by atoms with van der Waals surface area (Å²) in [4.78, 5) is 73.2. The van der Waals surface area contributed by atoms with Gasteiger partial charge >= 0.3 is 35.4 Å². The highest BCUT2D eigenvalue weighted by molar-refractivity contribution is 7.47. The normalized spacial score (nSPS) is 21.9. The topological polar surface area (TPSA) is 303 Å². The van der Waals surface area contributed by atoms with E-state index in [1.54, 1.807) is 0 Å². The molecular formula is C45H83O19P3. The number of carbonyl (C=O) groups is 2. The third-order valence-corrected chi connectivity index (χ3v) is 13.0. The minimum absolute atomic E-state index is 0.00980. The van der Waals surface area contributed by atoms with Crippen LogP contribution in [0.25, 0.3) is 0 Å². The number of phosphoric ester groups is 3. The van der Waals surface area contributed by atoms with Gasteiger partial charge in [0.25, 0.3) is 0 Å². The lowest BCUT2D eigenvalue weighted by Crippen LogP contribution is -2.65. The van der Waals surface area contributed by atoms with Crippen molar-refractivity contribution in [1.82, 2.24) is 0 Å². The summed E-state index contributed by atoms with van der Waals surface area (Å²) >= 11 is 0. The zero-order valence-electron chi connectivity index (χ0n) is 39.7. The van der Waals surface area contributed by atoms with Crippen molar-refractivity contribution in [3.05, 3.63) is 36.5 Å². The molecule has 392 valence electrons. The number of hydrogen-bond acceptors (Lipinski definition) is 14. The molecule has 67 heavy (non-hydrogen) atoms. The summed E-state index contributed by atoms with van der Waals surface area (Å²) in [7, 11) is -16.6. The number of unbranched alkanes of at least 4 members (excludes halogenated alkanes) is 19. The molecule has 0 radical (unpaired) electrons. The average molecular weight is 1020 g/mol. The van der Waals surface area contributed by atoms with E-state index in [1.807, 2.05) is 12.2 Å². The Labute approximate surface area is 398 Å². The molecule has 1 fully saturated rings. The van der Waals surface area contributed by atoms with Gasteiger partial charge in [0, 0.05) is 12.8 Å². The van der Waals surface area contributed by atoms with Gasteiger partial charge in [0.1, 0.15) is 43.2 Å². The molecule has 0 amide bonds. The van der Waals surface area contributed by atoms with E-state index in [2.05, 4.69) is 47.2 Å². The fourth-order valence-electron chi connectivity index (χ4n) is 7.31. The molecule has 1 aliphatic rings. The molecule has 0 aliphatic heterocycles. The van der Waals surface area contributed by atoms with E-state index in [4.69, 9.17) is 18.5 Å². The van der Waals surface area contributed by atoms with E-state index in [-0.39, 0.29) is 12.8 Å². The van der Waals surface area contributed by atoms with Crippen LogP contribution in [-0.2, 0) is 50.9 Å². The van der Waals surface area contributed by atoms with E-state index in [0.29, 0.717) is 19.3 Å². The van der Waals surface area contributed by atoms with Gasteiger partial charge in [-0.25, -0.2) is 13.7 Å². The molecule has 0 bridgehead atoms. The highest BCUT2D eigenvalue weighted by Crippen LogP contribution is 2.51. The van der Waals surface area contributed by atoms with Crippen molar-refractivity contribution in [3.63, 3.8) is 0 Å². The fourth-order valence-corrected chi connectivity index (χ4v) is 9.40. The second kappa shape index (κ2) is 37.2. The van der Waals surface area contributed by atoms with E-state index in [0.717, 1.165) is 51.4 Å². The smallest absolute Gasteiger partial charge is 0.462 e.